The van der Waals surface area contributed by atoms with Crippen LogP contribution in [0.5, 0.6) is 0 Å². The van der Waals surface area contributed by atoms with E-state index in [4.69, 9.17) is 0 Å². The minimum Gasteiger partial charge on any atom is -0.155 e. The Kier molecular flexibility index (Phi) is 3.40. The molecule has 0 saturated heterocycles. The van der Waals surface area contributed by atoms with Crippen LogP contribution in [0.1, 0.15) is 45.0 Å². The zero-order valence-electron chi connectivity index (χ0n) is 8.91. The van der Waals surface area contributed by atoms with Crippen molar-refractivity contribution >= 4 is 0 Å². The van der Waals surface area contributed by atoms with Crippen LogP contribution < -0.4 is 0 Å². The highest BCUT2D eigenvalue weighted by Crippen LogP contribution is 2.11. The van der Waals surface area contributed by atoms with Gasteiger partial charge in [-0.05, 0) is 30.4 Å². The van der Waals surface area contributed by atoms with Crippen molar-refractivity contribution in [3.8, 4) is 0 Å². The van der Waals surface area contributed by atoms with Gasteiger partial charge in [0.25, 0.3) is 0 Å². The van der Waals surface area contributed by atoms with E-state index in [1.54, 1.807) is 0 Å². The van der Waals surface area contributed by atoms with Crippen LogP contribution in [0.4, 0.5) is 0 Å². The molecule has 1 aromatic heterocycles. The molecule has 0 aliphatic heterocycles. The van der Waals surface area contributed by atoms with E-state index in [-0.39, 0.29) is 0 Å². The quantitative estimate of drug-likeness (QED) is 0.711. The SMILES string of the molecule is CC(C)Cc1ccc(C(C)C)nn1. The molecule has 2 nitrogen and oxygen atoms in total. The minimum atomic E-state index is 0.473. The lowest BCUT2D eigenvalue weighted by Gasteiger charge is -2.05. The molecular formula is C11H18N2. The van der Waals surface area contributed by atoms with Crippen LogP contribution in [0.2, 0.25) is 0 Å². The van der Waals surface area contributed by atoms with Gasteiger partial charge in [-0.25, -0.2) is 0 Å². The fourth-order valence-electron chi connectivity index (χ4n) is 1.21. The molecule has 0 unspecified atom stereocenters. The molecule has 1 heterocycles. The first kappa shape index (κ1) is 10.2. The van der Waals surface area contributed by atoms with Crippen molar-refractivity contribution in [3.63, 3.8) is 0 Å². The highest BCUT2D eigenvalue weighted by atomic mass is 15.1. The number of hydrogen-bond acceptors (Lipinski definition) is 2. The van der Waals surface area contributed by atoms with Crippen LogP contribution in [0, 0.1) is 5.92 Å². The van der Waals surface area contributed by atoms with Gasteiger partial charge < -0.3 is 0 Å². The number of aromatic nitrogens is 2. The minimum absolute atomic E-state index is 0.473. The standard InChI is InChI=1S/C11H18N2/c1-8(2)7-10-5-6-11(9(3)4)13-12-10/h5-6,8-9H,7H2,1-4H3. The van der Waals surface area contributed by atoms with Gasteiger partial charge in [-0.1, -0.05) is 27.7 Å². The molecule has 0 fully saturated rings. The number of nitrogens with zero attached hydrogens (tertiary/aromatic N) is 2. The molecule has 13 heavy (non-hydrogen) atoms. The van der Waals surface area contributed by atoms with Gasteiger partial charge in [0.1, 0.15) is 0 Å². The van der Waals surface area contributed by atoms with E-state index in [0.29, 0.717) is 11.8 Å². The van der Waals surface area contributed by atoms with Crippen molar-refractivity contribution in [2.24, 2.45) is 5.92 Å². The van der Waals surface area contributed by atoms with Crippen molar-refractivity contribution in [1.29, 1.82) is 0 Å². The molecule has 0 aromatic carbocycles. The summed E-state index contributed by atoms with van der Waals surface area (Å²) in [4.78, 5) is 0. The van der Waals surface area contributed by atoms with Crippen molar-refractivity contribution in [2.75, 3.05) is 0 Å². The molecule has 0 radical (unpaired) electrons. The summed E-state index contributed by atoms with van der Waals surface area (Å²) in [7, 11) is 0. The third kappa shape index (κ3) is 3.13. The Morgan fingerprint density at radius 2 is 1.77 bits per heavy atom. The van der Waals surface area contributed by atoms with Crippen LogP contribution in [0.15, 0.2) is 12.1 Å². The predicted octanol–water partition coefficient (Wildman–Crippen LogP) is 2.80. The van der Waals surface area contributed by atoms with Gasteiger partial charge in [-0.3, -0.25) is 0 Å². The zero-order chi connectivity index (χ0) is 9.84. The summed E-state index contributed by atoms with van der Waals surface area (Å²) in [5.41, 5.74) is 2.17. The molecule has 0 bridgehead atoms. The Labute approximate surface area is 80.4 Å². The van der Waals surface area contributed by atoms with Crippen molar-refractivity contribution in [2.45, 2.75) is 40.0 Å². The lowest BCUT2D eigenvalue weighted by atomic mass is 10.1. The highest BCUT2D eigenvalue weighted by Gasteiger charge is 2.03. The molecule has 0 spiro atoms. The van der Waals surface area contributed by atoms with Gasteiger partial charge in [0, 0.05) is 0 Å². The summed E-state index contributed by atoms with van der Waals surface area (Å²) in [5.74, 6) is 1.12. The Morgan fingerprint density at radius 1 is 1.08 bits per heavy atom. The van der Waals surface area contributed by atoms with E-state index in [9.17, 15) is 0 Å². The van der Waals surface area contributed by atoms with E-state index in [1.165, 1.54) is 0 Å². The summed E-state index contributed by atoms with van der Waals surface area (Å²) in [6, 6.07) is 4.16. The second-order valence-electron chi connectivity index (χ2n) is 4.20. The molecule has 0 aliphatic rings. The van der Waals surface area contributed by atoms with Crippen LogP contribution in [0.25, 0.3) is 0 Å². The Bertz CT molecular complexity index is 249. The van der Waals surface area contributed by atoms with Crippen molar-refractivity contribution < 1.29 is 0 Å². The summed E-state index contributed by atoms with van der Waals surface area (Å²) in [6.45, 7) is 8.65. The topological polar surface area (TPSA) is 25.8 Å². The van der Waals surface area contributed by atoms with Crippen LogP contribution in [0.3, 0.4) is 0 Å². The van der Waals surface area contributed by atoms with E-state index in [1.807, 2.05) is 0 Å². The first-order valence-corrected chi connectivity index (χ1v) is 4.92. The maximum absolute atomic E-state index is 4.19. The summed E-state index contributed by atoms with van der Waals surface area (Å²) in [6.07, 6.45) is 1.02. The second-order valence-corrected chi connectivity index (χ2v) is 4.20. The lowest BCUT2D eigenvalue weighted by molar-refractivity contribution is 0.623. The van der Waals surface area contributed by atoms with E-state index in [2.05, 4.69) is 50.0 Å². The smallest absolute Gasteiger partial charge is 0.0656 e. The molecular weight excluding hydrogens is 160 g/mol. The van der Waals surface area contributed by atoms with Gasteiger partial charge in [-0.2, -0.15) is 10.2 Å². The average molecular weight is 178 g/mol. The van der Waals surface area contributed by atoms with Gasteiger partial charge in [0.15, 0.2) is 0 Å². The fraction of sp³-hybridized carbons (Fsp3) is 0.636. The average Bonchev–Trinajstić information content (AvgIpc) is 2.04. The van der Waals surface area contributed by atoms with Crippen LogP contribution >= 0.6 is 0 Å². The van der Waals surface area contributed by atoms with Crippen molar-refractivity contribution in [3.05, 3.63) is 23.5 Å². The number of rotatable bonds is 3. The summed E-state index contributed by atoms with van der Waals surface area (Å²) in [5, 5.41) is 8.37. The maximum atomic E-state index is 4.19. The molecule has 0 saturated carbocycles. The first-order valence-electron chi connectivity index (χ1n) is 4.92. The van der Waals surface area contributed by atoms with Gasteiger partial charge >= 0.3 is 0 Å². The molecule has 0 N–H and O–H groups in total. The van der Waals surface area contributed by atoms with E-state index < -0.39 is 0 Å². The Balaban J connectivity index is 2.70. The highest BCUT2D eigenvalue weighted by molar-refractivity contribution is 5.09. The van der Waals surface area contributed by atoms with Crippen molar-refractivity contribution in [1.82, 2.24) is 10.2 Å². The third-order valence-electron chi connectivity index (χ3n) is 1.95. The summed E-state index contributed by atoms with van der Waals surface area (Å²) >= 11 is 0. The monoisotopic (exact) mass is 178 g/mol. The second kappa shape index (κ2) is 4.35. The lowest BCUT2D eigenvalue weighted by Crippen LogP contribution is -2.01. The number of hydrogen-bond donors (Lipinski definition) is 0. The van der Waals surface area contributed by atoms with Crippen LogP contribution in [-0.4, -0.2) is 10.2 Å². The molecule has 1 aromatic rings. The fourth-order valence-corrected chi connectivity index (χ4v) is 1.21. The Hall–Kier alpha value is -0.920. The van der Waals surface area contributed by atoms with E-state index in [0.717, 1.165) is 17.8 Å². The normalized spacial score (nSPS) is 11.2. The zero-order valence-corrected chi connectivity index (χ0v) is 8.91. The Morgan fingerprint density at radius 3 is 2.15 bits per heavy atom. The molecule has 0 aliphatic carbocycles. The summed E-state index contributed by atoms with van der Waals surface area (Å²) < 4.78 is 0. The van der Waals surface area contributed by atoms with Gasteiger partial charge in [0.05, 0.1) is 11.4 Å². The molecule has 0 amide bonds. The van der Waals surface area contributed by atoms with Gasteiger partial charge in [-0.15, -0.1) is 0 Å². The largest absolute Gasteiger partial charge is 0.155 e. The molecule has 0 atom stereocenters. The third-order valence-corrected chi connectivity index (χ3v) is 1.95. The van der Waals surface area contributed by atoms with E-state index >= 15 is 0 Å². The molecule has 72 valence electrons. The molecule has 2 heteroatoms. The predicted molar refractivity (Wildman–Crippen MR) is 54.7 cm³/mol. The van der Waals surface area contributed by atoms with Crippen LogP contribution in [-0.2, 0) is 6.42 Å². The maximum Gasteiger partial charge on any atom is 0.0656 e. The molecule has 1 rings (SSSR count). The first-order chi connectivity index (χ1) is 6.09. The van der Waals surface area contributed by atoms with Gasteiger partial charge in [0.2, 0.25) is 0 Å².